The Kier molecular flexibility index (Phi) is 5.87. The number of anilines is 2. The molecule has 4 rings (SSSR count). The zero-order valence-corrected chi connectivity index (χ0v) is 17.7. The van der Waals surface area contributed by atoms with Gasteiger partial charge in [-0.3, -0.25) is 4.79 Å². The third kappa shape index (κ3) is 5.20. The number of nitrogens with one attached hydrogen (secondary N) is 2. The molecule has 0 saturated heterocycles. The molecular formula is C24H19F3N4O2. The van der Waals surface area contributed by atoms with Crippen molar-refractivity contribution >= 4 is 28.4 Å². The first-order chi connectivity index (χ1) is 15.7. The second-order valence-corrected chi connectivity index (χ2v) is 7.28. The summed E-state index contributed by atoms with van der Waals surface area (Å²) in [6.07, 6.45) is -3.09. The molecule has 6 nitrogen and oxygen atoms in total. The molecule has 0 atom stereocenters. The fourth-order valence-corrected chi connectivity index (χ4v) is 3.37. The zero-order chi connectivity index (χ0) is 23.6. The molecule has 0 fully saturated rings. The van der Waals surface area contributed by atoms with Crippen LogP contribution in [-0.2, 0) is 0 Å². The number of carbonyl (C=O) groups excluding carboxylic acids is 1. The SMILES string of the molecule is CNc1ncc2cc(-c3cc(C(=O)Nc4cccc(OC(F)(F)F)c4)ccc3C)ccc2n1. The summed E-state index contributed by atoms with van der Waals surface area (Å²) >= 11 is 0. The lowest BCUT2D eigenvalue weighted by Crippen LogP contribution is -2.17. The van der Waals surface area contributed by atoms with Crippen LogP contribution in [0.15, 0.2) is 66.9 Å². The van der Waals surface area contributed by atoms with Gasteiger partial charge in [0.1, 0.15) is 5.75 Å². The van der Waals surface area contributed by atoms with Crippen molar-refractivity contribution in [1.29, 1.82) is 0 Å². The number of nitrogens with zero attached hydrogens (tertiary/aromatic N) is 2. The highest BCUT2D eigenvalue weighted by atomic mass is 19.4. The number of alkyl halides is 3. The van der Waals surface area contributed by atoms with E-state index in [4.69, 9.17) is 0 Å². The van der Waals surface area contributed by atoms with E-state index in [0.717, 1.165) is 39.7 Å². The van der Waals surface area contributed by atoms with Crippen molar-refractivity contribution in [2.24, 2.45) is 0 Å². The van der Waals surface area contributed by atoms with Crippen LogP contribution in [0.4, 0.5) is 24.8 Å². The number of amides is 1. The summed E-state index contributed by atoms with van der Waals surface area (Å²) in [5.74, 6) is -0.345. The van der Waals surface area contributed by atoms with E-state index < -0.39 is 18.0 Å². The molecule has 0 aliphatic heterocycles. The van der Waals surface area contributed by atoms with Crippen LogP contribution in [0.1, 0.15) is 15.9 Å². The fourth-order valence-electron chi connectivity index (χ4n) is 3.37. The Bertz CT molecular complexity index is 1340. The van der Waals surface area contributed by atoms with Crippen LogP contribution >= 0.6 is 0 Å². The molecule has 9 heteroatoms. The van der Waals surface area contributed by atoms with Crippen molar-refractivity contribution in [1.82, 2.24) is 9.97 Å². The van der Waals surface area contributed by atoms with Gasteiger partial charge >= 0.3 is 6.36 Å². The molecule has 1 aromatic heterocycles. The van der Waals surface area contributed by atoms with Gasteiger partial charge in [0.15, 0.2) is 0 Å². The van der Waals surface area contributed by atoms with Gasteiger partial charge in [0.25, 0.3) is 5.91 Å². The molecule has 0 radical (unpaired) electrons. The third-order valence-electron chi connectivity index (χ3n) is 4.94. The maximum atomic E-state index is 12.8. The fraction of sp³-hybridized carbons (Fsp3) is 0.125. The van der Waals surface area contributed by atoms with E-state index in [1.807, 2.05) is 31.2 Å². The second kappa shape index (κ2) is 8.78. The van der Waals surface area contributed by atoms with Crippen molar-refractivity contribution in [3.63, 3.8) is 0 Å². The Labute approximate surface area is 187 Å². The number of aryl methyl sites for hydroxylation is 1. The molecule has 0 saturated carbocycles. The molecule has 1 amide bonds. The van der Waals surface area contributed by atoms with Crippen molar-refractivity contribution in [3.05, 3.63) is 78.0 Å². The predicted octanol–water partition coefficient (Wildman–Crippen LogP) is 5.80. The third-order valence-corrected chi connectivity index (χ3v) is 4.94. The lowest BCUT2D eigenvalue weighted by Gasteiger charge is -2.12. The number of aromatic nitrogens is 2. The van der Waals surface area contributed by atoms with E-state index in [1.54, 1.807) is 25.4 Å². The topological polar surface area (TPSA) is 76.1 Å². The number of benzene rings is 3. The lowest BCUT2D eigenvalue weighted by molar-refractivity contribution is -0.274. The van der Waals surface area contributed by atoms with Crippen molar-refractivity contribution < 1.29 is 22.7 Å². The number of hydrogen-bond acceptors (Lipinski definition) is 5. The number of hydrogen-bond donors (Lipinski definition) is 2. The summed E-state index contributed by atoms with van der Waals surface area (Å²) in [6.45, 7) is 1.93. The predicted molar refractivity (Wildman–Crippen MR) is 120 cm³/mol. The van der Waals surface area contributed by atoms with Crippen molar-refractivity contribution in [3.8, 4) is 16.9 Å². The van der Waals surface area contributed by atoms with Crippen LogP contribution in [0.2, 0.25) is 0 Å². The maximum Gasteiger partial charge on any atom is 0.573 e. The van der Waals surface area contributed by atoms with E-state index in [0.29, 0.717) is 11.5 Å². The van der Waals surface area contributed by atoms with Gasteiger partial charge in [-0.05, 0) is 60.0 Å². The molecule has 0 aliphatic rings. The normalized spacial score (nSPS) is 11.3. The largest absolute Gasteiger partial charge is 0.573 e. The van der Waals surface area contributed by atoms with Crippen LogP contribution in [0.3, 0.4) is 0 Å². The van der Waals surface area contributed by atoms with Crippen LogP contribution in [0.25, 0.3) is 22.0 Å². The first-order valence-electron chi connectivity index (χ1n) is 9.94. The molecule has 4 aromatic rings. The number of carbonyl (C=O) groups is 1. The lowest BCUT2D eigenvalue weighted by atomic mass is 9.97. The van der Waals surface area contributed by atoms with Crippen LogP contribution < -0.4 is 15.4 Å². The number of fused-ring (bicyclic) bond motifs is 1. The van der Waals surface area contributed by atoms with E-state index >= 15 is 0 Å². The molecule has 0 bridgehead atoms. The van der Waals surface area contributed by atoms with Crippen LogP contribution in [-0.4, -0.2) is 29.3 Å². The van der Waals surface area contributed by atoms with Gasteiger partial charge in [0, 0.05) is 35.9 Å². The minimum Gasteiger partial charge on any atom is -0.406 e. The summed E-state index contributed by atoms with van der Waals surface area (Å²) in [6, 6.07) is 16.1. The molecular weight excluding hydrogens is 433 g/mol. The molecule has 2 N–H and O–H groups in total. The van der Waals surface area contributed by atoms with Gasteiger partial charge < -0.3 is 15.4 Å². The highest BCUT2D eigenvalue weighted by molar-refractivity contribution is 6.05. The van der Waals surface area contributed by atoms with Gasteiger partial charge in [0.05, 0.1) is 5.52 Å². The average molecular weight is 452 g/mol. The summed E-state index contributed by atoms with van der Waals surface area (Å²) in [5, 5.41) is 6.36. The van der Waals surface area contributed by atoms with Gasteiger partial charge in [-0.1, -0.05) is 18.2 Å². The van der Waals surface area contributed by atoms with Crippen molar-refractivity contribution in [2.45, 2.75) is 13.3 Å². The molecule has 0 spiro atoms. The van der Waals surface area contributed by atoms with Crippen LogP contribution in [0, 0.1) is 6.92 Å². The molecule has 3 aromatic carbocycles. The minimum atomic E-state index is -4.81. The Balaban J connectivity index is 1.60. The average Bonchev–Trinajstić information content (AvgIpc) is 2.77. The number of rotatable bonds is 5. The van der Waals surface area contributed by atoms with Crippen LogP contribution in [0.5, 0.6) is 5.75 Å². The maximum absolute atomic E-state index is 12.8. The molecule has 33 heavy (non-hydrogen) atoms. The van der Waals surface area contributed by atoms with Gasteiger partial charge in [-0.15, -0.1) is 13.2 Å². The molecule has 0 aliphatic carbocycles. The van der Waals surface area contributed by atoms with E-state index in [9.17, 15) is 18.0 Å². The highest BCUT2D eigenvalue weighted by Crippen LogP contribution is 2.29. The van der Waals surface area contributed by atoms with E-state index in [1.165, 1.54) is 12.1 Å². The Hall–Kier alpha value is -4.14. The quantitative estimate of drug-likeness (QED) is 0.400. The number of ether oxygens (including phenoxy) is 1. The first kappa shape index (κ1) is 22.1. The summed E-state index contributed by atoms with van der Waals surface area (Å²) in [7, 11) is 1.75. The van der Waals surface area contributed by atoms with Gasteiger partial charge in [-0.2, -0.15) is 0 Å². The Morgan fingerprint density at radius 3 is 2.61 bits per heavy atom. The zero-order valence-electron chi connectivity index (χ0n) is 17.7. The summed E-state index contributed by atoms with van der Waals surface area (Å²) < 4.78 is 41.3. The highest BCUT2D eigenvalue weighted by Gasteiger charge is 2.31. The Morgan fingerprint density at radius 2 is 1.85 bits per heavy atom. The molecule has 168 valence electrons. The standard InChI is InChI=1S/C24H19F3N4O2/c1-14-6-7-16(22(32)30-18-4-3-5-19(12-18)33-24(25,26)27)11-20(14)15-8-9-21-17(10-15)13-29-23(28-2)31-21/h3-13H,1-2H3,(H,30,32)(H,28,29,31). The van der Waals surface area contributed by atoms with Crippen molar-refractivity contribution in [2.75, 3.05) is 17.7 Å². The molecule has 0 unspecified atom stereocenters. The second-order valence-electron chi connectivity index (χ2n) is 7.28. The smallest absolute Gasteiger partial charge is 0.406 e. The monoisotopic (exact) mass is 452 g/mol. The first-order valence-corrected chi connectivity index (χ1v) is 9.94. The van der Waals surface area contributed by atoms with E-state index in [2.05, 4.69) is 25.3 Å². The summed E-state index contributed by atoms with van der Waals surface area (Å²) in [5.41, 5.74) is 4.02. The number of halogens is 3. The van der Waals surface area contributed by atoms with Gasteiger partial charge in [-0.25, -0.2) is 9.97 Å². The van der Waals surface area contributed by atoms with E-state index in [-0.39, 0.29) is 5.69 Å². The minimum absolute atomic E-state index is 0.187. The van der Waals surface area contributed by atoms with Gasteiger partial charge in [0.2, 0.25) is 5.95 Å². The molecule has 1 heterocycles. The Morgan fingerprint density at radius 1 is 1.03 bits per heavy atom. The summed E-state index contributed by atoms with van der Waals surface area (Å²) in [4.78, 5) is 21.4.